The highest BCUT2D eigenvalue weighted by atomic mass is 19.4. The van der Waals surface area contributed by atoms with Gasteiger partial charge in [0.25, 0.3) is 0 Å². The third-order valence-corrected chi connectivity index (χ3v) is 3.76. The zero-order valence-electron chi connectivity index (χ0n) is 12.0. The van der Waals surface area contributed by atoms with Crippen molar-refractivity contribution in [1.82, 2.24) is 10.2 Å². The molecule has 122 valence electrons. The molecule has 21 heavy (non-hydrogen) atoms. The first kappa shape index (κ1) is 17.6. The summed E-state index contributed by atoms with van der Waals surface area (Å²) in [6, 6.07) is -0.522. The quantitative estimate of drug-likeness (QED) is 0.767. The number of nitrogens with one attached hydrogen (secondary N) is 1. The van der Waals surface area contributed by atoms with Crippen LogP contribution in [0.1, 0.15) is 45.4 Å². The molecule has 1 fully saturated rings. The largest absolute Gasteiger partial charge is 0.480 e. The number of carbonyl (C=O) groups excluding carboxylic acids is 1. The van der Waals surface area contributed by atoms with Crippen LogP contribution >= 0.6 is 0 Å². The number of hydrogen-bond donors (Lipinski definition) is 2. The Kier molecular flexibility index (Phi) is 5.86. The summed E-state index contributed by atoms with van der Waals surface area (Å²) in [7, 11) is 0. The molecule has 1 aliphatic rings. The summed E-state index contributed by atoms with van der Waals surface area (Å²) in [6.45, 7) is 1.95. The molecule has 0 saturated carbocycles. The van der Waals surface area contributed by atoms with Crippen LogP contribution in [0.2, 0.25) is 0 Å². The number of carboxylic acid groups (broad SMARTS) is 1. The van der Waals surface area contributed by atoms with E-state index in [2.05, 4.69) is 5.32 Å². The summed E-state index contributed by atoms with van der Waals surface area (Å²) in [5.74, 6) is -1.06. The average Bonchev–Trinajstić information content (AvgIpc) is 2.37. The van der Waals surface area contributed by atoms with Crippen molar-refractivity contribution in [3.63, 3.8) is 0 Å². The molecular formula is C13H21F3N2O3. The lowest BCUT2D eigenvalue weighted by Crippen LogP contribution is -2.60. The second-order valence-electron chi connectivity index (χ2n) is 5.49. The van der Waals surface area contributed by atoms with Gasteiger partial charge in [-0.3, -0.25) is 0 Å². The van der Waals surface area contributed by atoms with Crippen molar-refractivity contribution in [2.24, 2.45) is 0 Å². The smallest absolute Gasteiger partial charge is 0.389 e. The van der Waals surface area contributed by atoms with Gasteiger partial charge in [-0.05, 0) is 39.0 Å². The highest BCUT2D eigenvalue weighted by Gasteiger charge is 2.43. The normalized spacial score (nSPS) is 23.0. The molecule has 8 heteroatoms. The predicted molar refractivity (Wildman–Crippen MR) is 69.9 cm³/mol. The molecule has 5 nitrogen and oxygen atoms in total. The first-order chi connectivity index (χ1) is 9.67. The molecule has 2 amide bonds. The number of piperidine rings is 1. The van der Waals surface area contributed by atoms with E-state index in [1.165, 1.54) is 11.8 Å². The fraction of sp³-hybridized carbons (Fsp3) is 0.846. The highest BCUT2D eigenvalue weighted by molar-refractivity contribution is 5.86. The number of alkyl halides is 3. The van der Waals surface area contributed by atoms with Crippen molar-refractivity contribution < 1.29 is 27.9 Å². The maximum Gasteiger partial charge on any atom is 0.389 e. The number of rotatable bonds is 5. The van der Waals surface area contributed by atoms with Gasteiger partial charge in [0.2, 0.25) is 0 Å². The fourth-order valence-corrected chi connectivity index (χ4v) is 2.41. The van der Waals surface area contributed by atoms with Crippen LogP contribution in [0.5, 0.6) is 0 Å². The maximum atomic E-state index is 12.0. The summed E-state index contributed by atoms with van der Waals surface area (Å²) in [5.41, 5.74) is -1.24. The summed E-state index contributed by atoms with van der Waals surface area (Å²) < 4.78 is 35.9. The number of nitrogens with zero attached hydrogens (tertiary/aromatic N) is 1. The Hall–Kier alpha value is -1.47. The third-order valence-electron chi connectivity index (χ3n) is 3.76. The Morgan fingerprint density at radius 3 is 2.52 bits per heavy atom. The zero-order chi connectivity index (χ0) is 16.1. The molecule has 1 unspecified atom stereocenters. The number of likely N-dealkylation sites (tertiary alicyclic amines) is 1. The lowest BCUT2D eigenvalue weighted by Gasteiger charge is -2.41. The molecule has 0 aromatic rings. The van der Waals surface area contributed by atoms with Crippen LogP contribution in [0.15, 0.2) is 0 Å². The van der Waals surface area contributed by atoms with Crippen LogP contribution in [0.3, 0.4) is 0 Å². The Morgan fingerprint density at radius 1 is 1.29 bits per heavy atom. The molecule has 2 N–H and O–H groups in total. The number of aliphatic carboxylic acids is 1. The molecule has 0 aromatic carbocycles. The van der Waals surface area contributed by atoms with Gasteiger partial charge in [-0.1, -0.05) is 0 Å². The van der Waals surface area contributed by atoms with Crippen molar-refractivity contribution in [3.05, 3.63) is 0 Å². The Labute approximate surface area is 121 Å². The molecule has 1 saturated heterocycles. The van der Waals surface area contributed by atoms with E-state index in [0.717, 1.165) is 12.8 Å². The number of unbranched alkanes of at least 4 members (excludes halogenated alkanes) is 1. The van der Waals surface area contributed by atoms with Crippen LogP contribution in [0.25, 0.3) is 0 Å². The highest BCUT2D eigenvalue weighted by Crippen LogP contribution is 2.28. The zero-order valence-corrected chi connectivity index (χ0v) is 12.0. The molecule has 0 spiro atoms. The van der Waals surface area contributed by atoms with Crippen molar-refractivity contribution >= 4 is 12.0 Å². The lowest BCUT2D eigenvalue weighted by molar-refractivity contribution is -0.150. The minimum Gasteiger partial charge on any atom is -0.480 e. The van der Waals surface area contributed by atoms with Crippen LogP contribution < -0.4 is 5.32 Å². The van der Waals surface area contributed by atoms with E-state index in [0.29, 0.717) is 13.0 Å². The minimum atomic E-state index is -4.18. The number of hydrogen-bond acceptors (Lipinski definition) is 2. The average molecular weight is 310 g/mol. The lowest BCUT2D eigenvalue weighted by atomic mass is 9.89. The second kappa shape index (κ2) is 7.00. The van der Waals surface area contributed by atoms with Crippen LogP contribution in [0, 0.1) is 0 Å². The van der Waals surface area contributed by atoms with Gasteiger partial charge in [0.05, 0.1) is 0 Å². The Bertz CT molecular complexity index is 387. The number of amides is 2. The minimum absolute atomic E-state index is 0.0556. The summed E-state index contributed by atoms with van der Waals surface area (Å²) >= 11 is 0. The Morgan fingerprint density at radius 2 is 1.95 bits per heavy atom. The standard InChI is InChI=1S/C13H21F3N2O3/c1-12(10(19)20)6-3-5-9-18(12)11(21)17-8-4-2-7-13(14,15)16/h2-9H2,1H3,(H,17,21)(H,19,20). The molecule has 0 aliphatic carbocycles. The summed E-state index contributed by atoms with van der Waals surface area (Å²) in [6.07, 6.45) is -3.06. The van der Waals surface area contributed by atoms with Gasteiger partial charge in [-0.15, -0.1) is 0 Å². The third kappa shape index (κ3) is 5.09. The first-order valence-corrected chi connectivity index (χ1v) is 7.02. The van der Waals surface area contributed by atoms with E-state index in [4.69, 9.17) is 0 Å². The van der Waals surface area contributed by atoms with Gasteiger partial charge in [-0.2, -0.15) is 13.2 Å². The summed E-state index contributed by atoms with van der Waals surface area (Å²) in [4.78, 5) is 24.6. The van der Waals surface area contributed by atoms with Gasteiger partial charge >= 0.3 is 18.2 Å². The van der Waals surface area contributed by atoms with Gasteiger partial charge in [0.15, 0.2) is 0 Å². The fourth-order valence-electron chi connectivity index (χ4n) is 2.41. The number of halogens is 3. The number of carbonyl (C=O) groups is 2. The van der Waals surface area contributed by atoms with Crippen LogP contribution in [0.4, 0.5) is 18.0 Å². The maximum absolute atomic E-state index is 12.0. The number of carboxylic acids is 1. The topological polar surface area (TPSA) is 69.6 Å². The molecule has 1 aliphatic heterocycles. The van der Waals surface area contributed by atoms with Crippen LogP contribution in [-0.4, -0.2) is 46.8 Å². The van der Waals surface area contributed by atoms with Gasteiger partial charge in [-0.25, -0.2) is 9.59 Å². The van der Waals surface area contributed by atoms with Crippen LogP contribution in [-0.2, 0) is 4.79 Å². The van der Waals surface area contributed by atoms with Crippen molar-refractivity contribution in [1.29, 1.82) is 0 Å². The van der Waals surface area contributed by atoms with Crippen molar-refractivity contribution in [3.8, 4) is 0 Å². The SMILES string of the molecule is CC1(C(=O)O)CCCCN1C(=O)NCCCCC(F)(F)F. The predicted octanol–water partition coefficient (Wildman–Crippen LogP) is 2.76. The van der Waals surface area contributed by atoms with E-state index in [1.807, 2.05) is 0 Å². The monoisotopic (exact) mass is 310 g/mol. The molecule has 1 atom stereocenters. The molecule has 1 rings (SSSR count). The van der Waals surface area contributed by atoms with E-state index in [-0.39, 0.29) is 19.4 Å². The van der Waals surface area contributed by atoms with Crippen molar-refractivity contribution in [2.75, 3.05) is 13.1 Å². The first-order valence-electron chi connectivity index (χ1n) is 7.02. The molecule has 0 aromatic heterocycles. The number of urea groups is 1. The molecule has 0 radical (unpaired) electrons. The second-order valence-corrected chi connectivity index (χ2v) is 5.49. The van der Waals surface area contributed by atoms with E-state index >= 15 is 0 Å². The van der Waals surface area contributed by atoms with Gasteiger partial charge in [0.1, 0.15) is 5.54 Å². The van der Waals surface area contributed by atoms with Gasteiger partial charge < -0.3 is 15.3 Å². The van der Waals surface area contributed by atoms with Gasteiger partial charge in [0, 0.05) is 19.5 Å². The molecular weight excluding hydrogens is 289 g/mol. The molecule has 0 bridgehead atoms. The Balaban J connectivity index is 2.41. The van der Waals surface area contributed by atoms with E-state index in [1.54, 1.807) is 0 Å². The van der Waals surface area contributed by atoms with E-state index in [9.17, 15) is 27.9 Å². The van der Waals surface area contributed by atoms with E-state index < -0.39 is 30.1 Å². The summed E-state index contributed by atoms with van der Waals surface area (Å²) in [5, 5.41) is 11.8. The molecule has 1 heterocycles. The van der Waals surface area contributed by atoms with Crippen molar-refractivity contribution in [2.45, 2.75) is 57.2 Å².